The average molecular weight is 513 g/mol. The molecule has 2 heterocycles. The van der Waals surface area contributed by atoms with Gasteiger partial charge in [0.05, 0.1) is 28.2 Å². The number of benzene rings is 1. The molecule has 0 spiro atoms. The lowest BCUT2D eigenvalue weighted by Crippen LogP contribution is -2.58. The zero-order chi connectivity index (χ0) is 26.8. The molecule has 1 saturated heterocycles. The molecule has 1 aromatic heterocycles. The maximum atomic E-state index is 13.5. The number of amides is 3. The summed E-state index contributed by atoms with van der Waals surface area (Å²) in [4.78, 5) is 45.9. The summed E-state index contributed by atoms with van der Waals surface area (Å²) >= 11 is 1.58. The van der Waals surface area contributed by atoms with Crippen molar-refractivity contribution in [3.05, 3.63) is 53.2 Å². The molecule has 1 fully saturated rings. The minimum Gasteiger partial charge on any atom is -0.391 e. The third-order valence-corrected chi connectivity index (χ3v) is 7.40. The van der Waals surface area contributed by atoms with Gasteiger partial charge in [-0.2, -0.15) is 0 Å². The van der Waals surface area contributed by atoms with Gasteiger partial charge in [0.15, 0.2) is 0 Å². The van der Waals surface area contributed by atoms with Gasteiger partial charge in [-0.3, -0.25) is 14.4 Å². The van der Waals surface area contributed by atoms with E-state index in [2.05, 4.69) is 22.2 Å². The zero-order valence-electron chi connectivity index (χ0n) is 21.8. The Morgan fingerprint density at radius 1 is 1.19 bits per heavy atom. The first-order valence-electron chi connectivity index (χ1n) is 12.0. The minimum absolute atomic E-state index is 0.0315. The molecule has 0 radical (unpaired) electrons. The van der Waals surface area contributed by atoms with Gasteiger partial charge in [-0.1, -0.05) is 51.6 Å². The van der Waals surface area contributed by atoms with E-state index < -0.39 is 35.4 Å². The number of β-amino-alcohol motifs (C(OH)–C–C–N with tert-alkyl or cyclic N) is 1. The topological polar surface area (TPSA) is 112 Å². The molecule has 4 atom stereocenters. The van der Waals surface area contributed by atoms with Crippen molar-refractivity contribution in [2.24, 2.45) is 5.41 Å². The lowest BCUT2D eigenvalue weighted by molar-refractivity contribution is -0.143. The smallest absolute Gasteiger partial charge is 0.246 e. The predicted octanol–water partition coefficient (Wildman–Crippen LogP) is 3.36. The number of aliphatic hydroxyl groups is 1. The maximum absolute atomic E-state index is 13.5. The van der Waals surface area contributed by atoms with Gasteiger partial charge in [0.2, 0.25) is 17.7 Å². The Kier molecular flexibility index (Phi) is 8.36. The van der Waals surface area contributed by atoms with Crippen molar-refractivity contribution in [3.8, 4) is 10.4 Å². The number of nitrogens with one attached hydrogen (secondary N) is 2. The second kappa shape index (κ2) is 10.9. The van der Waals surface area contributed by atoms with E-state index in [1.807, 2.05) is 64.4 Å². The lowest BCUT2D eigenvalue weighted by atomic mass is 9.85. The highest BCUT2D eigenvalue weighted by molar-refractivity contribution is 7.13. The minimum atomic E-state index is -0.873. The molecule has 194 valence electrons. The fourth-order valence-corrected chi connectivity index (χ4v) is 5.08. The van der Waals surface area contributed by atoms with Crippen LogP contribution in [0.3, 0.4) is 0 Å². The van der Waals surface area contributed by atoms with Crippen LogP contribution in [0, 0.1) is 12.3 Å². The molecule has 0 saturated carbocycles. The highest BCUT2D eigenvalue weighted by Gasteiger charge is 2.44. The molecule has 9 heteroatoms. The van der Waals surface area contributed by atoms with E-state index in [4.69, 9.17) is 0 Å². The Balaban J connectivity index is 1.74. The zero-order valence-corrected chi connectivity index (χ0v) is 22.6. The van der Waals surface area contributed by atoms with Crippen LogP contribution in [-0.2, 0) is 14.4 Å². The Labute approximate surface area is 216 Å². The third kappa shape index (κ3) is 6.20. The summed E-state index contributed by atoms with van der Waals surface area (Å²) in [5.74, 6) is -1.16. The van der Waals surface area contributed by atoms with Crippen LogP contribution in [0.2, 0.25) is 0 Å². The highest BCUT2D eigenvalue weighted by Crippen LogP contribution is 2.29. The molecule has 8 nitrogen and oxygen atoms in total. The Morgan fingerprint density at radius 3 is 2.36 bits per heavy atom. The number of likely N-dealkylation sites (tertiary alicyclic amines) is 1. The Bertz CT molecular complexity index is 1140. The first-order valence-corrected chi connectivity index (χ1v) is 12.9. The third-order valence-electron chi connectivity index (χ3n) is 6.42. The van der Waals surface area contributed by atoms with Crippen LogP contribution >= 0.6 is 11.3 Å². The summed E-state index contributed by atoms with van der Waals surface area (Å²) in [6.07, 6.45) is -0.682. The van der Waals surface area contributed by atoms with Gasteiger partial charge in [0.25, 0.3) is 0 Å². The second-order valence-corrected chi connectivity index (χ2v) is 11.4. The molecule has 0 bridgehead atoms. The fraction of sp³-hybridized carbons (Fsp3) is 0.481. The SMILES string of the molecule is C=C(C)C(=O)N[C@H](C(=O)N1C[C@H](O)C[C@H]1C(=O)N[C@@H](C)c1ccc(-c2scnc2C)cc1)C(C)(C)C. The average Bonchev–Trinajstić information content (AvgIpc) is 3.41. The lowest BCUT2D eigenvalue weighted by Gasteiger charge is -2.35. The van der Waals surface area contributed by atoms with E-state index in [0.717, 1.165) is 21.7 Å². The van der Waals surface area contributed by atoms with Crippen LogP contribution in [0.5, 0.6) is 0 Å². The molecule has 0 aliphatic carbocycles. The first kappa shape index (κ1) is 27.5. The van der Waals surface area contributed by atoms with Crippen molar-refractivity contribution in [1.29, 1.82) is 0 Å². The number of nitrogens with zero attached hydrogens (tertiary/aromatic N) is 2. The number of hydrogen-bond donors (Lipinski definition) is 3. The van der Waals surface area contributed by atoms with Crippen LogP contribution in [-0.4, -0.2) is 57.4 Å². The number of carbonyl (C=O) groups excluding carboxylic acids is 3. The number of rotatable bonds is 7. The van der Waals surface area contributed by atoms with Crippen LogP contribution < -0.4 is 10.6 Å². The van der Waals surface area contributed by atoms with Crippen molar-refractivity contribution < 1.29 is 19.5 Å². The van der Waals surface area contributed by atoms with Crippen LogP contribution in [0.25, 0.3) is 10.4 Å². The number of aromatic nitrogens is 1. The molecule has 3 rings (SSSR count). The van der Waals surface area contributed by atoms with Crippen molar-refractivity contribution in [1.82, 2.24) is 20.5 Å². The monoisotopic (exact) mass is 512 g/mol. The normalized spacial score (nSPS) is 19.5. The van der Waals surface area contributed by atoms with Crippen molar-refractivity contribution in [2.45, 2.75) is 72.2 Å². The molecule has 36 heavy (non-hydrogen) atoms. The highest BCUT2D eigenvalue weighted by atomic mass is 32.1. The van der Waals surface area contributed by atoms with E-state index in [1.54, 1.807) is 18.3 Å². The van der Waals surface area contributed by atoms with E-state index >= 15 is 0 Å². The molecular weight excluding hydrogens is 476 g/mol. The Hall–Kier alpha value is -3.04. The standard InChI is InChI=1S/C27H36N4O4S/c1-15(2)24(33)30-23(27(5,6)7)26(35)31-13-20(32)12-21(31)25(34)29-16(3)18-8-10-19(11-9-18)22-17(4)28-14-36-22/h8-11,14,16,20-21,23,32H,1,12-13H2,2-7H3,(H,29,34)(H,30,33)/t16-,20+,21-,23+/m0/s1. The molecule has 1 aromatic carbocycles. The van der Waals surface area contributed by atoms with Crippen molar-refractivity contribution in [2.75, 3.05) is 6.54 Å². The summed E-state index contributed by atoms with van der Waals surface area (Å²) in [5, 5.41) is 16.1. The first-order chi connectivity index (χ1) is 16.8. The summed E-state index contributed by atoms with van der Waals surface area (Å²) < 4.78 is 0. The molecule has 1 aliphatic heterocycles. The molecule has 3 N–H and O–H groups in total. The van der Waals surface area contributed by atoms with Gasteiger partial charge in [0, 0.05) is 18.5 Å². The van der Waals surface area contributed by atoms with Crippen molar-refractivity contribution in [3.63, 3.8) is 0 Å². The van der Waals surface area contributed by atoms with Crippen LogP contribution in [0.4, 0.5) is 0 Å². The van der Waals surface area contributed by atoms with Gasteiger partial charge in [0.1, 0.15) is 12.1 Å². The number of carbonyl (C=O) groups is 3. The van der Waals surface area contributed by atoms with E-state index in [1.165, 1.54) is 4.90 Å². The maximum Gasteiger partial charge on any atom is 0.246 e. The molecule has 3 amide bonds. The second-order valence-electron chi connectivity index (χ2n) is 10.6. The van der Waals surface area contributed by atoms with Crippen molar-refractivity contribution >= 4 is 29.1 Å². The predicted molar refractivity (Wildman–Crippen MR) is 141 cm³/mol. The van der Waals surface area contributed by atoms with Gasteiger partial charge in [-0.15, -0.1) is 11.3 Å². The van der Waals surface area contributed by atoms with Gasteiger partial charge >= 0.3 is 0 Å². The number of aryl methyl sites for hydroxylation is 1. The Morgan fingerprint density at radius 2 is 1.83 bits per heavy atom. The van der Waals surface area contributed by atoms with E-state index in [9.17, 15) is 19.5 Å². The number of aliphatic hydroxyl groups excluding tert-OH is 1. The molecule has 2 aromatic rings. The van der Waals surface area contributed by atoms with Gasteiger partial charge in [-0.05, 0) is 37.3 Å². The molecule has 1 aliphatic rings. The van der Waals surface area contributed by atoms with Crippen LogP contribution in [0.1, 0.15) is 58.3 Å². The van der Waals surface area contributed by atoms with E-state index in [-0.39, 0.29) is 30.5 Å². The van der Waals surface area contributed by atoms with Gasteiger partial charge < -0.3 is 20.6 Å². The largest absolute Gasteiger partial charge is 0.391 e. The molecule has 0 unspecified atom stereocenters. The number of hydrogen-bond acceptors (Lipinski definition) is 6. The van der Waals surface area contributed by atoms with Crippen LogP contribution in [0.15, 0.2) is 41.9 Å². The van der Waals surface area contributed by atoms with E-state index in [0.29, 0.717) is 0 Å². The summed E-state index contributed by atoms with van der Waals surface area (Å²) in [6, 6.07) is 5.94. The molecular formula is C27H36N4O4S. The summed E-state index contributed by atoms with van der Waals surface area (Å²) in [5.41, 5.74) is 4.47. The number of thiazole rings is 1. The van der Waals surface area contributed by atoms with Gasteiger partial charge in [-0.25, -0.2) is 4.98 Å². The summed E-state index contributed by atoms with van der Waals surface area (Å²) in [7, 11) is 0. The quantitative estimate of drug-likeness (QED) is 0.493. The fourth-order valence-electron chi connectivity index (χ4n) is 4.27. The summed E-state index contributed by atoms with van der Waals surface area (Å²) in [6.45, 7) is 14.6.